The maximum Gasteiger partial charge on any atom is 0.338 e. The Bertz CT molecular complexity index is 376. The van der Waals surface area contributed by atoms with E-state index in [2.05, 4.69) is 4.74 Å². The summed E-state index contributed by atoms with van der Waals surface area (Å²) < 4.78 is 15.0. The van der Waals surface area contributed by atoms with E-state index in [9.17, 15) is 9.90 Å². The van der Waals surface area contributed by atoms with Gasteiger partial charge in [0.15, 0.2) is 0 Å². The smallest absolute Gasteiger partial charge is 0.338 e. The minimum Gasteiger partial charge on any atom is -0.508 e. The van der Waals surface area contributed by atoms with E-state index in [1.54, 1.807) is 0 Å². The van der Waals surface area contributed by atoms with Gasteiger partial charge < -0.3 is 19.3 Å². The highest BCUT2D eigenvalue weighted by molar-refractivity contribution is 5.90. The zero-order valence-electron chi connectivity index (χ0n) is 11.9. The van der Waals surface area contributed by atoms with Gasteiger partial charge in [-0.2, -0.15) is 0 Å². The van der Waals surface area contributed by atoms with Crippen LogP contribution in [0.2, 0.25) is 0 Å². The monoisotopic (exact) mass is 270 g/mol. The maximum atomic E-state index is 11.3. The molecule has 0 bridgehead atoms. The predicted octanol–water partition coefficient (Wildman–Crippen LogP) is 2.62. The van der Waals surface area contributed by atoms with Crippen LogP contribution in [-0.2, 0) is 9.47 Å². The molecule has 0 aliphatic carbocycles. The molecule has 0 unspecified atom stereocenters. The van der Waals surface area contributed by atoms with E-state index in [0.29, 0.717) is 25.6 Å². The second kappa shape index (κ2) is 10.2. The van der Waals surface area contributed by atoms with Gasteiger partial charge in [0.25, 0.3) is 0 Å². The number of carbonyl (C=O) groups is 1. The summed E-state index contributed by atoms with van der Waals surface area (Å²) in [4.78, 5) is 11.3. The summed E-state index contributed by atoms with van der Waals surface area (Å²) in [6.07, 6.45) is 0. The molecule has 0 aliphatic heterocycles. The Morgan fingerprint density at radius 2 is 1.89 bits per heavy atom. The largest absolute Gasteiger partial charge is 0.508 e. The van der Waals surface area contributed by atoms with Crippen LogP contribution >= 0.6 is 0 Å². The molecule has 0 fully saturated rings. The summed E-state index contributed by atoms with van der Waals surface area (Å²) in [6.45, 7) is 7.33. The number of hydrogen-bond donors (Lipinski definition) is 1. The fraction of sp³-hybridized carbons (Fsp3) is 0.500. The molecule has 19 heavy (non-hydrogen) atoms. The van der Waals surface area contributed by atoms with Crippen LogP contribution in [0, 0.1) is 0 Å². The van der Waals surface area contributed by atoms with Crippen molar-refractivity contribution in [3.8, 4) is 11.5 Å². The molecular formula is C14H22O5. The van der Waals surface area contributed by atoms with Crippen molar-refractivity contribution in [1.29, 1.82) is 0 Å². The van der Waals surface area contributed by atoms with Crippen molar-refractivity contribution >= 4 is 5.97 Å². The first kappa shape index (κ1) is 17.2. The summed E-state index contributed by atoms with van der Waals surface area (Å²) in [5.74, 6) is -0.153. The van der Waals surface area contributed by atoms with Crippen LogP contribution in [-0.4, -0.2) is 38.0 Å². The third-order valence-corrected chi connectivity index (χ3v) is 2.01. The molecular weight excluding hydrogens is 248 g/mol. The molecule has 0 saturated heterocycles. The highest BCUT2D eigenvalue weighted by atomic mass is 16.5. The molecule has 1 aromatic rings. The number of ether oxygens (including phenoxy) is 3. The lowest BCUT2D eigenvalue weighted by Gasteiger charge is -2.08. The number of benzene rings is 1. The van der Waals surface area contributed by atoms with Crippen molar-refractivity contribution in [2.45, 2.75) is 20.8 Å². The lowest BCUT2D eigenvalue weighted by molar-refractivity contribution is 0.0599. The van der Waals surface area contributed by atoms with Crippen molar-refractivity contribution in [1.82, 2.24) is 0 Å². The van der Waals surface area contributed by atoms with E-state index in [1.165, 1.54) is 25.3 Å². The van der Waals surface area contributed by atoms with Gasteiger partial charge >= 0.3 is 5.97 Å². The number of methoxy groups -OCH3 is 1. The average molecular weight is 270 g/mol. The van der Waals surface area contributed by atoms with Gasteiger partial charge in [-0.15, -0.1) is 0 Å². The normalized spacial score (nSPS) is 9.26. The second-order valence-electron chi connectivity index (χ2n) is 3.25. The van der Waals surface area contributed by atoms with Crippen molar-refractivity contribution in [3.05, 3.63) is 23.8 Å². The number of hydrogen-bond acceptors (Lipinski definition) is 5. The second-order valence-corrected chi connectivity index (χ2v) is 3.25. The Labute approximate surface area is 114 Å². The molecule has 5 nitrogen and oxygen atoms in total. The van der Waals surface area contributed by atoms with Crippen LogP contribution in [0.3, 0.4) is 0 Å². The highest BCUT2D eigenvalue weighted by Gasteiger charge is 2.09. The summed E-state index contributed by atoms with van der Waals surface area (Å²) in [5, 5.41) is 9.42. The summed E-state index contributed by atoms with van der Waals surface area (Å²) in [7, 11) is 1.28. The van der Waals surface area contributed by atoms with Gasteiger partial charge in [-0.25, -0.2) is 4.79 Å². The lowest BCUT2D eigenvalue weighted by atomic mass is 10.2. The number of esters is 1. The Hall–Kier alpha value is -1.75. The molecule has 0 amide bonds. The molecule has 0 heterocycles. The quantitative estimate of drug-likeness (QED) is 0.636. The van der Waals surface area contributed by atoms with Crippen molar-refractivity contribution < 1.29 is 24.1 Å². The third-order valence-electron chi connectivity index (χ3n) is 2.01. The van der Waals surface area contributed by atoms with Crippen molar-refractivity contribution in [3.63, 3.8) is 0 Å². The summed E-state index contributed by atoms with van der Waals surface area (Å²) in [6, 6.07) is 4.26. The molecule has 0 atom stereocenters. The molecule has 5 heteroatoms. The van der Waals surface area contributed by atoms with Crippen molar-refractivity contribution in [2.24, 2.45) is 0 Å². The Morgan fingerprint density at radius 1 is 1.21 bits per heavy atom. The third kappa shape index (κ3) is 6.67. The van der Waals surface area contributed by atoms with Crippen LogP contribution in [0.15, 0.2) is 18.2 Å². The summed E-state index contributed by atoms with van der Waals surface area (Å²) >= 11 is 0. The SMILES string of the molecule is CC.CCOCCOc1cc(O)cc(C(=O)OC)c1. The van der Waals surface area contributed by atoms with Crippen molar-refractivity contribution in [2.75, 3.05) is 26.9 Å². The van der Waals surface area contributed by atoms with Gasteiger partial charge in [-0.3, -0.25) is 0 Å². The lowest BCUT2D eigenvalue weighted by Crippen LogP contribution is -2.07. The molecule has 1 aromatic carbocycles. The minimum atomic E-state index is -0.518. The van der Waals surface area contributed by atoms with E-state index < -0.39 is 5.97 Å². The van der Waals surface area contributed by atoms with E-state index in [1.807, 2.05) is 20.8 Å². The van der Waals surface area contributed by atoms with Crippen LogP contribution in [0.4, 0.5) is 0 Å². The van der Waals surface area contributed by atoms with Gasteiger partial charge in [-0.1, -0.05) is 13.8 Å². The molecule has 1 rings (SSSR count). The van der Waals surface area contributed by atoms with Gasteiger partial charge in [0.2, 0.25) is 0 Å². The Balaban J connectivity index is 0.00000154. The molecule has 108 valence electrons. The van der Waals surface area contributed by atoms with E-state index in [-0.39, 0.29) is 11.3 Å². The fourth-order valence-corrected chi connectivity index (χ4v) is 1.27. The van der Waals surface area contributed by atoms with Gasteiger partial charge in [0, 0.05) is 12.7 Å². The first-order chi connectivity index (χ1) is 9.17. The highest BCUT2D eigenvalue weighted by Crippen LogP contribution is 2.22. The number of phenolic OH excluding ortho intramolecular Hbond substituents is 1. The van der Waals surface area contributed by atoms with E-state index in [4.69, 9.17) is 9.47 Å². The zero-order valence-corrected chi connectivity index (χ0v) is 11.9. The van der Waals surface area contributed by atoms with Gasteiger partial charge in [0.1, 0.15) is 18.1 Å². The topological polar surface area (TPSA) is 65.0 Å². The standard InChI is InChI=1S/C12H16O5.C2H6/c1-3-16-4-5-17-11-7-9(12(14)15-2)6-10(13)8-11;1-2/h6-8,13H,3-5H2,1-2H3;1-2H3. The maximum absolute atomic E-state index is 11.3. The minimum absolute atomic E-state index is 0.0423. The first-order valence-corrected chi connectivity index (χ1v) is 6.30. The van der Waals surface area contributed by atoms with Gasteiger partial charge in [-0.05, 0) is 19.1 Å². The Morgan fingerprint density at radius 3 is 2.47 bits per heavy atom. The molecule has 0 aromatic heterocycles. The predicted molar refractivity (Wildman–Crippen MR) is 72.8 cm³/mol. The Kier molecular flexibility index (Phi) is 9.26. The molecule has 0 saturated carbocycles. The average Bonchev–Trinajstić information content (AvgIpc) is 2.44. The van der Waals surface area contributed by atoms with Crippen LogP contribution in [0.5, 0.6) is 11.5 Å². The number of aromatic hydroxyl groups is 1. The van der Waals surface area contributed by atoms with E-state index in [0.717, 1.165) is 0 Å². The molecule has 1 N–H and O–H groups in total. The van der Waals surface area contributed by atoms with Gasteiger partial charge in [0.05, 0.1) is 19.3 Å². The number of carbonyl (C=O) groups excluding carboxylic acids is 1. The van der Waals surface area contributed by atoms with E-state index >= 15 is 0 Å². The first-order valence-electron chi connectivity index (χ1n) is 6.30. The van der Waals surface area contributed by atoms with Crippen LogP contribution in [0.1, 0.15) is 31.1 Å². The number of phenols is 1. The molecule has 0 spiro atoms. The number of rotatable bonds is 6. The molecule has 0 aliphatic rings. The zero-order chi connectivity index (χ0) is 14.7. The summed E-state index contributed by atoms with van der Waals surface area (Å²) in [5.41, 5.74) is 0.249. The van der Waals surface area contributed by atoms with Crippen LogP contribution in [0.25, 0.3) is 0 Å². The fourth-order valence-electron chi connectivity index (χ4n) is 1.27. The molecule has 0 radical (unpaired) electrons. The van der Waals surface area contributed by atoms with Crippen LogP contribution < -0.4 is 4.74 Å².